The number of fused-ring (bicyclic) bond motifs is 5. The summed E-state index contributed by atoms with van der Waals surface area (Å²) < 4.78 is 0. The minimum Gasteiger partial charge on any atom is -0.310 e. The second kappa shape index (κ2) is 13.1. The molecule has 7 aromatic carbocycles. The molecule has 282 valence electrons. The van der Waals surface area contributed by atoms with Crippen LogP contribution in [0.2, 0.25) is 0 Å². The van der Waals surface area contributed by atoms with Crippen LogP contribution < -0.4 is 9.80 Å². The van der Waals surface area contributed by atoms with Gasteiger partial charge in [0.15, 0.2) is 0 Å². The number of hydrogen-bond acceptors (Lipinski definition) is 2. The third kappa shape index (κ3) is 6.19. The zero-order valence-corrected chi connectivity index (χ0v) is 34.6. The highest BCUT2D eigenvalue weighted by Crippen LogP contribution is 2.50. The number of nitrogens with zero attached hydrogens (tertiary/aromatic N) is 2. The lowest BCUT2D eigenvalue weighted by Gasteiger charge is -2.42. The predicted octanol–water partition coefficient (Wildman–Crippen LogP) is 15.6. The standard InChI is InChI=1S/C54H56N2/c1-51(2)29-31-53(5,6)49-35-43(23-27-47(49)51)55(39-15-11-9-12-16-39)41-21-25-45-37(33-41)19-20-38-34-42(22-26-46(38)45)56(40-17-13-10-14-18-40)44-24-28-48-50(36-44)54(7,8)32-30-52(48,3)4/h9-28,33-36H,29-32H2,1-8H3. The second-order valence-electron chi connectivity index (χ2n) is 19.2. The Morgan fingerprint density at radius 1 is 0.304 bits per heavy atom. The predicted molar refractivity (Wildman–Crippen MR) is 241 cm³/mol. The first-order valence-electron chi connectivity index (χ1n) is 20.7. The number of rotatable bonds is 6. The Morgan fingerprint density at radius 3 is 1.00 bits per heavy atom. The SMILES string of the molecule is CC1(C)CCC(C)(C)c2cc(N(c3ccccc3)c3ccc4c(ccc5cc(N(c6ccccc6)c6ccc7c(c6)C(C)(C)CCC7(C)C)ccc54)c3)ccc21. The Morgan fingerprint density at radius 2 is 0.625 bits per heavy atom. The van der Waals surface area contributed by atoms with Gasteiger partial charge in [-0.3, -0.25) is 0 Å². The molecule has 2 nitrogen and oxygen atoms in total. The third-order valence-corrected chi connectivity index (χ3v) is 13.5. The van der Waals surface area contributed by atoms with Gasteiger partial charge in [0.1, 0.15) is 0 Å². The van der Waals surface area contributed by atoms with Gasteiger partial charge in [0.2, 0.25) is 0 Å². The highest BCUT2D eigenvalue weighted by molar-refractivity contribution is 6.09. The van der Waals surface area contributed by atoms with Crippen molar-refractivity contribution in [1.82, 2.24) is 0 Å². The molecule has 0 amide bonds. The third-order valence-electron chi connectivity index (χ3n) is 13.5. The number of benzene rings is 7. The van der Waals surface area contributed by atoms with Crippen LogP contribution in [0.25, 0.3) is 21.5 Å². The molecule has 0 N–H and O–H groups in total. The van der Waals surface area contributed by atoms with E-state index < -0.39 is 0 Å². The topological polar surface area (TPSA) is 6.48 Å². The summed E-state index contributed by atoms with van der Waals surface area (Å²) in [6, 6.07) is 54.7. The number of hydrogen-bond donors (Lipinski definition) is 0. The molecule has 0 atom stereocenters. The molecule has 7 aromatic rings. The minimum absolute atomic E-state index is 0.133. The Hall–Kier alpha value is -5.34. The summed E-state index contributed by atoms with van der Waals surface area (Å²) in [5, 5.41) is 5.01. The van der Waals surface area contributed by atoms with Gasteiger partial charge >= 0.3 is 0 Å². The first-order valence-corrected chi connectivity index (χ1v) is 20.7. The molecule has 0 saturated carbocycles. The van der Waals surface area contributed by atoms with Gasteiger partial charge in [-0.25, -0.2) is 0 Å². The molecule has 0 aromatic heterocycles. The van der Waals surface area contributed by atoms with Crippen molar-refractivity contribution in [3.8, 4) is 0 Å². The van der Waals surface area contributed by atoms with Crippen LogP contribution in [-0.2, 0) is 21.7 Å². The van der Waals surface area contributed by atoms with Crippen molar-refractivity contribution < 1.29 is 0 Å². The Balaban J connectivity index is 1.14. The molecule has 2 aliphatic rings. The summed E-state index contributed by atoms with van der Waals surface area (Å²) in [5.74, 6) is 0. The van der Waals surface area contributed by atoms with Gasteiger partial charge in [-0.05, 0) is 164 Å². The van der Waals surface area contributed by atoms with Gasteiger partial charge < -0.3 is 9.80 Å². The maximum atomic E-state index is 2.47. The summed E-state index contributed by atoms with van der Waals surface area (Å²) in [6.45, 7) is 19.3. The van der Waals surface area contributed by atoms with Gasteiger partial charge in [0.25, 0.3) is 0 Å². The Bertz CT molecular complexity index is 2410. The molecule has 2 heteroatoms. The van der Waals surface area contributed by atoms with E-state index >= 15 is 0 Å². The van der Waals surface area contributed by atoms with Crippen molar-refractivity contribution in [2.45, 2.75) is 103 Å². The lowest BCUT2D eigenvalue weighted by Crippen LogP contribution is -2.34. The van der Waals surface area contributed by atoms with Crippen LogP contribution in [-0.4, -0.2) is 0 Å². The molecular formula is C54H56N2. The van der Waals surface area contributed by atoms with E-state index in [2.05, 4.69) is 211 Å². The average Bonchev–Trinajstić information content (AvgIpc) is 3.19. The highest BCUT2D eigenvalue weighted by Gasteiger charge is 2.39. The number of anilines is 6. The van der Waals surface area contributed by atoms with Crippen molar-refractivity contribution in [2.24, 2.45) is 0 Å². The van der Waals surface area contributed by atoms with Gasteiger partial charge in [0.05, 0.1) is 0 Å². The molecule has 56 heavy (non-hydrogen) atoms. The zero-order chi connectivity index (χ0) is 39.0. The molecule has 0 fully saturated rings. The van der Waals surface area contributed by atoms with E-state index in [0.29, 0.717) is 0 Å². The van der Waals surface area contributed by atoms with Crippen LogP contribution in [0.15, 0.2) is 146 Å². The van der Waals surface area contributed by atoms with Crippen molar-refractivity contribution in [1.29, 1.82) is 0 Å². The monoisotopic (exact) mass is 732 g/mol. The van der Waals surface area contributed by atoms with Gasteiger partial charge in [-0.15, -0.1) is 0 Å². The largest absolute Gasteiger partial charge is 0.310 e. The number of para-hydroxylation sites is 2. The summed E-state index contributed by atoms with van der Waals surface area (Å²) >= 11 is 0. The van der Waals surface area contributed by atoms with Gasteiger partial charge in [-0.1, -0.05) is 128 Å². The molecule has 0 bridgehead atoms. The summed E-state index contributed by atoms with van der Waals surface area (Å²) in [6.07, 6.45) is 4.81. The van der Waals surface area contributed by atoms with Gasteiger partial charge in [-0.2, -0.15) is 0 Å². The van der Waals surface area contributed by atoms with E-state index in [1.165, 1.54) is 104 Å². The fourth-order valence-electron chi connectivity index (χ4n) is 9.80. The molecule has 0 heterocycles. The molecular weight excluding hydrogens is 677 g/mol. The fraction of sp³-hybridized carbons (Fsp3) is 0.296. The lowest BCUT2D eigenvalue weighted by molar-refractivity contribution is 0.332. The Kier molecular flexibility index (Phi) is 8.51. The molecule has 9 rings (SSSR count). The van der Waals surface area contributed by atoms with Crippen LogP contribution in [0, 0.1) is 0 Å². The molecule has 0 radical (unpaired) electrons. The van der Waals surface area contributed by atoms with E-state index in [1.807, 2.05) is 0 Å². The summed E-state index contributed by atoms with van der Waals surface area (Å²) in [4.78, 5) is 4.87. The van der Waals surface area contributed by atoms with Gasteiger partial charge in [0, 0.05) is 34.1 Å². The molecule has 0 saturated heterocycles. The van der Waals surface area contributed by atoms with Crippen molar-refractivity contribution in [2.75, 3.05) is 9.80 Å². The molecule has 2 aliphatic carbocycles. The van der Waals surface area contributed by atoms with Crippen molar-refractivity contribution in [3.05, 3.63) is 168 Å². The molecule has 0 spiro atoms. The first kappa shape index (κ1) is 36.3. The van der Waals surface area contributed by atoms with Crippen LogP contribution in [0.5, 0.6) is 0 Å². The summed E-state index contributed by atoms with van der Waals surface area (Å²) in [5.41, 5.74) is 13.6. The van der Waals surface area contributed by atoms with Crippen LogP contribution in [0.3, 0.4) is 0 Å². The maximum absolute atomic E-state index is 2.47. The fourth-order valence-corrected chi connectivity index (χ4v) is 9.80. The molecule has 0 aliphatic heterocycles. The second-order valence-corrected chi connectivity index (χ2v) is 19.2. The quantitative estimate of drug-likeness (QED) is 0.157. The van der Waals surface area contributed by atoms with Crippen LogP contribution in [0.1, 0.15) is 103 Å². The van der Waals surface area contributed by atoms with Crippen molar-refractivity contribution in [3.63, 3.8) is 0 Å². The van der Waals surface area contributed by atoms with Crippen LogP contribution in [0.4, 0.5) is 34.1 Å². The maximum Gasteiger partial charge on any atom is 0.0468 e. The highest BCUT2D eigenvalue weighted by atomic mass is 15.1. The van der Waals surface area contributed by atoms with E-state index in [-0.39, 0.29) is 21.7 Å². The van der Waals surface area contributed by atoms with E-state index in [4.69, 9.17) is 0 Å². The first-order chi connectivity index (χ1) is 26.7. The van der Waals surface area contributed by atoms with E-state index in [0.717, 1.165) is 0 Å². The summed E-state index contributed by atoms with van der Waals surface area (Å²) in [7, 11) is 0. The van der Waals surface area contributed by atoms with E-state index in [1.54, 1.807) is 0 Å². The minimum atomic E-state index is 0.133. The van der Waals surface area contributed by atoms with E-state index in [9.17, 15) is 0 Å². The zero-order valence-electron chi connectivity index (χ0n) is 34.6. The lowest BCUT2D eigenvalue weighted by atomic mass is 9.63. The Labute approximate surface area is 334 Å². The smallest absolute Gasteiger partial charge is 0.0468 e. The average molecular weight is 733 g/mol. The molecule has 0 unspecified atom stereocenters. The normalized spacial score (nSPS) is 17.6. The van der Waals surface area contributed by atoms with Crippen LogP contribution >= 0.6 is 0 Å². The van der Waals surface area contributed by atoms with Crippen molar-refractivity contribution >= 4 is 55.7 Å².